The van der Waals surface area contributed by atoms with E-state index in [1.54, 1.807) is 6.07 Å². The van der Waals surface area contributed by atoms with Gasteiger partial charge < -0.3 is 5.32 Å². The molecule has 0 amide bonds. The maximum atomic E-state index is 13.4. The van der Waals surface area contributed by atoms with Crippen molar-refractivity contribution in [3.8, 4) is 0 Å². The number of anilines is 1. The molecule has 1 saturated heterocycles. The molecule has 1 atom stereocenters. The fourth-order valence-electron chi connectivity index (χ4n) is 2.71. The number of hydrogen-bond donors (Lipinski definition) is 1. The van der Waals surface area contributed by atoms with Gasteiger partial charge in [-0.1, -0.05) is 0 Å². The van der Waals surface area contributed by atoms with Gasteiger partial charge in [0.25, 0.3) is 0 Å². The van der Waals surface area contributed by atoms with Crippen molar-refractivity contribution in [2.45, 2.75) is 32.4 Å². The van der Waals surface area contributed by atoms with Crippen LogP contribution in [-0.4, -0.2) is 40.0 Å². The van der Waals surface area contributed by atoms with Crippen LogP contribution in [-0.2, 0) is 0 Å². The molecule has 2 heterocycles. The number of aromatic nitrogens is 2. The number of likely N-dealkylation sites (tertiary alicyclic amines) is 1. The highest BCUT2D eigenvalue weighted by atomic mass is 19.1. The second-order valence-corrected chi connectivity index (χ2v) is 5.60. The number of halogens is 1. The lowest BCUT2D eigenvalue weighted by Gasteiger charge is -2.20. The monoisotopic (exact) mass is 274 g/mol. The molecular formula is C15H19FN4. The van der Waals surface area contributed by atoms with Gasteiger partial charge in [0.1, 0.15) is 18.0 Å². The summed E-state index contributed by atoms with van der Waals surface area (Å²) in [6.07, 6.45) is 2.61. The molecule has 1 aromatic heterocycles. The molecule has 20 heavy (non-hydrogen) atoms. The molecule has 1 N–H and O–H groups in total. The lowest BCUT2D eigenvalue weighted by molar-refractivity contribution is 0.274. The maximum Gasteiger partial charge on any atom is 0.137 e. The molecule has 1 fully saturated rings. The van der Waals surface area contributed by atoms with Crippen molar-refractivity contribution in [3.05, 3.63) is 30.3 Å². The Morgan fingerprint density at radius 1 is 1.35 bits per heavy atom. The van der Waals surface area contributed by atoms with Crippen molar-refractivity contribution < 1.29 is 4.39 Å². The SMILES string of the molecule is CC(C)N1CCC(Nc2ncnc3ccc(F)cc23)C1. The minimum Gasteiger partial charge on any atom is -0.365 e. The number of benzene rings is 1. The zero-order valence-corrected chi connectivity index (χ0v) is 11.8. The maximum absolute atomic E-state index is 13.4. The Balaban J connectivity index is 1.83. The molecule has 1 aliphatic rings. The first-order valence-electron chi connectivity index (χ1n) is 7.04. The summed E-state index contributed by atoms with van der Waals surface area (Å²) < 4.78 is 13.4. The summed E-state index contributed by atoms with van der Waals surface area (Å²) in [7, 11) is 0. The molecule has 106 valence electrons. The van der Waals surface area contributed by atoms with Gasteiger partial charge >= 0.3 is 0 Å². The topological polar surface area (TPSA) is 41.0 Å². The molecule has 0 radical (unpaired) electrons. The van der Waals surface area contributed by atoms with E-state index in [-0.39, 0.29) is 5.82 Å². The van der Waals surface area contributed by atoms with E-state index in [2.05, 4.69) is 34.0 Å². The lowest BCUT2D eigenvalue weighted by Crippen LogP contribution is -2.31. The third-order valence-electron chi connectivity index (χ3n) is 3.89. The number of nitrogens with zero attached hydrogens (tertiary/aromatic N) is 3. The Kier molecular flexibility index (Phi) is 3.53. The fourth-order valence-corrected chi connectivity index (χ4v) is 2.71. The lowest BCUT2D eigenvalue weighted by atomic mass is 10.2. The van der Waals surface area contributed by atoms with Gasteiger partial charge in [0.2, 0.25) is 0 Å². The van der Waals surface area contributed by atoms with E-state index in [4.69, 9.17) is 0 Å². The zero-order valence-electron chi connectivity index (χ0n) is 11.8. The van der Waals surface area contributed by atoms with Gasteiger partial charge in [0.15, 0.2) is 0 Å². The first-order valence-corrected chi connectivity index (χ1v) is 7.04. The molecule has 1 unspecified atom stereocenters. The fraction of sp³-hybridized carbons (Fsp3) is 0.467. The van der Waals surface area contributed by atoms with Crippen molar-refractivity contribution >= 4 is 16.7 Å². The standard InChI is InChI=1S/C15H19FN4/c1-10(2)20-6-5-12(8-20)19-15-13-7-11(16)3-4-14(13)17-9-18-15/h3-4,7,9-10,12H,5-6,8H2,1-2H3,(H,17,18,19). The first-order chi connectivity index (χ1) is 9.63. The normalized spacial score (nSPS) is 19.9. The third-order valence-corrected chi connectivity index (χ3v) is 3.89. The van der Waals surface area contributed by atoms with Gasteiger partial charge in [-0.3, -0.25) is 4.90 Å². The van der Waals surface area contributed by atoms with Crippen molar-refractivity contribution in [1.29, 1.82) is 0 Å². The molecule has 2 aromatic rings. The molecule has 3 rings (SSSR count). The quantitative estimate of drug-likeness (QED) is 0.934. The van der Waals surface area contributed by atoms with Crippen LogP contribution in [0.3, 0.4) is 0 Å². The second kappa shape index (κ2) is 5.32. The number of rotatable bonds is 3. The summed E-state index contributed by atoms with van der Waals surface area (Å²) in [6, 6.07) is 5.52. The van der Waals surface area contributed by atoms with E-state index in [0.717, 1.165) is 36.2 Å². The summed E-state index contributed by atoms with van der Waals surface area (Å²) in [6.45, 7) is 6.50. The second-order valence-electron chi connectivity index (χ2n) is 5.60. The van der Waals surface area contributed by atoms with Crippen LogP contribution in [0.1, 0.15) is 20.3 Å². The van der Waals surface area contributed by atoms with Crippen molar-refractivity contribution in [3.63, 3.8) is 0 Å². The number of nitrogens with one attached hydrogen (secondary N) is 1. The van der Waals surface area contributed by atoms with Crippen LogP contribution in [0, 0.1) is 5.82 Å². The molecule has 1 aliphatic heterocycles. The van der Waals surface area contributed by atoms with Crippen molar-refractivity contribution in [2.75, 3.05) is 18.4 Å². The molecule has 5 heteroatoms. The Hall–Kier alpha value is -1.75. The van der Waals surface area contributed by atoms with Gasteiger partial charge in [-0.05, 0) is 38.5 Å². The number of hydrogen-bond acceptors (Lipinski definition) is 4. The van der Waals surface area contributed by atoms with E-state index in [1.807, 2.05) is 0 Å². The van der Waals surface area contributed by atoms with Crippen LogP contribution in [0.5, 0.6) is 0 Å². The predicted molar refractivity (Wildman–Crippen MR) is 78.2 cm³/mol. The summed E-state index contributed by atoms with van der Waals surface area (Å²) >= 11 is 0. The Labute approximate surface area is 118 Å². The Morgan fingerprint density at radius 3 is 2.95 bits per heavy atom. The van der Waals surface area contributed by atoms with Gasteiger partial charge in [0, 0.05) is 30.6 Å². The van der Waals surface area contributed by atoms with Gasteiger partial charge in [-0.25, -0.2) is 14.4 Å². The van der Waals surface area contributed by atoms with Crippen LogP contribution in [0.15, 0.2) is 24.5 Å². The average Bonchev–Trinajstić information content (AvgIpc) is 2.88. The Bertz CT molecular complexity index is 614. The molecule has 1 aromatic carbocycles. The first kappa shape index (κ1) is 13.2. The van der Waals surface area contributed by atoms with Crippen LogP contribution in [0.25, 0.3) is 10.9 Å². The van der Waals surface area contributed by atoms with Gasteiger partial charge in [0.05, 0.1) is 5.52 Å². The zero-order chi connectivity index (χ0) is 14.1. The Morgan fingerprint density at radius 2 is 2.20 bits per heavy atom. The molecule has 0 bridgehead atoms. The molecule has 4 nitrogen and oxygen atoms in total. The number of fused-ring (bicyclic) bond motifs is 1. The van der Waals surface area contributed by atoms with Crippen LogP contribution >= 0.6 is 0 Å². The van der Waals surface area contributed by atoms with Crippen LogP contribution in [0.4, 0.5) is 10.2 Å². The van der Waals surface area contributed by atoms with Crippen molar-refractivity contribution in [2.24, 2.45) is 0 Å². The van der Waals surface area contributed by atoms with Crippen molar-refractivity contribution in [1.82, 2.24) is 14.9 Å². The van der Waals surface area contributed by atoms with Crippen LogP contribution < -0.4 is 5.32 Å². The molecule has 0 saturated carbocycles. The molecule has 0 spiro atoms. The predicted octanol–water partition coefficient (Wildman–Crippen LogP) is 2.66. The molecular weight excluding hydrogens is 255 g/mol. The highest BCUT2D eigenvalue weighted by molar-refractivity contribution is 5.88. The van der Waals surface area contributed by atoms with Gasteiger partial charge in [-0.2, -0.15) is 0 Å². The molecule has 0 aliphatic carbocycles. The summed E-state index contributed by atoms with van der Waals surface area (Å²) in [4.78, 5) is 10.9. The third kappa shape index (κ3) is 2.58. The summed E-state index contributed by atoms with van der Waals surface area (Å²) in [5, 5.41) is 4.18. The van der Waals surface area contributed by atoms with E-state index >= 15 is 0 Å². The summed E-state index contributed by atoms with van der Waals surface area (Å²) in [5.41, 5.74) is 0.766. The van der Waals surface area contributed by atoms with E-state index < -0.39 is 0 Å². The van der Waals surface area contributed by atoms with Crippen LogP contribution in [0.2, 0.25) is 0 Å². The average molecular weight is 274 g/mol. The highest BCUT2D eigenvalue weighted by Gasteiger charge is 2.24. The van der Waals surface area contributed by atoms with E-state index in [1.165, 1.54) is 18.5 Å². The van der Waals surface area contributed by atoms with E-state index in [9.17, 15) is 4.39 Å². The minimum absolute atomic E-state index is 0.259. The summed E-state index contributed by atoms with van der Waals surface area (Å²) in [5.74, 6) is 0.468. The minimum atomic E-state index is -0.259. The largest absolute Gasteiger partial charge is 0.365 e. The van der Waals surface area contributed by atoms with Gasteiger partial charge in [-0.15, -0.1) is 0 Å². The highest BCUT2D eigenvalue weighted by Crippen LogP contribution is 2.23. The smallest absolute Gasteiger partial charge is 0.137 e. The van der Waals surface area contributed by atoms with E-state index in [0.29, 0.717) is 12.1 Å².